The highest BCUT2D eigenvalue weighted by molar-refractivity contribution is 6.30. The van der Waals surface area contributed by atoms with Crippen LogP contribution in [0.2, 0.25) is 5.02 Å². The molecule has 0 saturated carbocycles. The normalized spacial score (nSPS) is 12.2. The van der Waals surface area contributed by atoms with E-state index in [1.54, 1.807) is 29.9 Å². The number of hydrogen-bond acceptors (Lipinski definition) is 3. The fraction of sp³-hybridized carbons (Fsp3) is 0.333. The summed E-state index contributed by atoms with van der Waals surface area (Å²) in [6, 6.07) is 7.12. The average molecular weight is 307 g/mol. The van der Waals surface area contributed by atoms with Crippen molar-refractivity contribution in [2.24, 2.45) is 7.05 Å². The van der Waals surface area contributed by atoms with E-state index < -0.39 is 6.04 Å². The Bertz CT molecular complexity index is 626. The molecule has 1 amide bonds. The molecule has 1 aromatic carbocycles. The van der Waals surface area contributed by atoms with Crippen molar-refractivity contribution < 1.29 is 4.79 Å². The van der Waals surface area contributed by atoms with Crippen LogP contribution in [0.1, 0.15) is 17.2 Å². The zero-order valence-electron chi connectivity index (χ0n) is 12.4. The monoisotopic (exact) mass is 306 g/mol. The van der Waals surface area contributed by atoms with E-state index in [4.69, 9.17) is 11.6 Å². The maximum Gasteiger partial charge on any atom is 0.244 e. The highest BCUT2D eigenvalue weighted by Gasteiger charge is 2.23. The number of likely N-dealkylation sites (N-methyl/N-ethyl adjacent to an activating group) is 2. The standard InChI is InChI=1S/C15H19ClN4O/c1-17-14(12-8-18-20(3)10-12)15(21)19(2)9-11-5-4-6-13(16)7-11/h4-8,10,14,17H,9H2,1-3H3. The molecule has 0 aliphatic rings. The Morgan fingerprint density at radius 2 is 2.29 bits per heavy atom. The number of rotatable bonds is 5. The third-order valence-electron chi connectivity index (χ3n) is 3.28. The number of amides is 1. The van der Waals surface area contributed by atoms with Crippen LogP contribution in [0.5, 0.6) is 0 Å². The number of carbonyl (C=O) groups excluding carboxylic acids is 1. The molecule has 112 valence electrons. The van der Waals surface area contributed by atoms with E-state index in [1.807, 2.05) is 37.5 Å². The van der Waals surface area contributed by atoms with Crippen molar-refractivity contribution in [2.75, 3.05) is 14.1 Å². The summed E-state index contributed by atoms with van der Waals surface area (Å²) in [5, 5.41) is 7.82. The molecular formula is C15H19ClN4O. The molecule has 6 heteroatoms. The van der Waals surface area contributed by atoms with E-state index in [-0.39, 0.29) is 5.91 Å². The predicted octanol–water partition coefficient (Wildman–Crippen LogP) is 1.99. The smallest absolute Gasteiger partial charge is 0.244 e. The molecule has 2 rings (SSSR count). The van der Waals surface area contributed by atoms with Gasteiger partial charge in [-0.3, -0.25) is 9.48 Å². The van der Waals surface area contributed by atoms with Crippen LogP contribution in [0, 0.1) is 0 Å². The number of nitrogens with zero attached hydrogens (tertiary/aromatic N) is 3. The molecule has 5 nitrogen and oxygen atoms in total. The van der Waals surface area contributed by atoms with Crippen LogP contribution in [-0.4, -0.2) is 34.7 Å². The summed E-state index contributed by atoms with van der Waals surface area (Å²) >= 11 is 5.97. The molecule has 1 unspecified atom stereocenters. The summed E-state index contributed by atoms with van der Waals surface area (Å²) in [7, 11) is 5.38. The Kier molecular flexibility index (Phi) is 4.98. The van der Waals surface area contributed by atoms with Crippen molar-refractivity contribution in [2.45, 2.75) is 12.6 Å². The Morgan fingerprint density at radius 1 is 1.52 bits per heavy atom. The van der Waals surface area contributed by atoms with E-state index in [9.17, 15) is 4.79 Å². The Balaban J connectivity index is 2.10. The van der Waals surface area contributed by atoms with Gasteiger partial charge in [-0.15, -0.1) is 0 Å². The first-order chi connectivity index (χ1) is 10.0. The van der Waals surface area contributed by atoms with Crippen LogP contribution in [-0.2, 0) is 18.4 Å². The fourth-order valence-electron chi connectivity index (χ4n) is 2.23. The quantitative estimate of drug-likeness (QED) is 0.919. The molecule has 0 fully saturated rings. The van der Waals surface area contributed by atoms with E-state index in [0.29, 0.717) is 11.6 Å². The molecule has 1 heterocycles. The number of hydrogen-bond donors (Lipinski definition) is 1. The van der Waals surface area contributed by atoms with Gasteiger partial charge in [0, 0.05) is 37.4 Å². The first kappa shape index (κ1) is 15.5. The van der Waals surface area contributed by atoms with Crippen LogP contribution < -0.4 is 5.32 Å². The van der Waals surface area contributed by atoms with Gasteiger partial charge >= 0.3 is 0 Å². The highest BCUT2D eigenvalue weighted by atomic mass is 35.5. The van der Waals surface area contributed by atoms with Crippen molar-refractivity contribution in [3.05, 3.63) is 52.8 Å². The van der Waals surface area contributed by atoms with Gasteiger partial charge in [-0.25, -0.2) is 0 Å². The zero-order valence-corrected chi connectivity index (χ0v) is 13.1. The summed E-state index contributed by atoms with van der Waals surface area (Å²) < 4.78 is 1.68. The fourth-order valence-corrected chi connectivity index (χ4v) is 2.44. The number of benzene rings is 1. The van der Waals surface area contributed by atoms with Crippen LogP contribution >= 0.6 is 11.6 Å². The second-order valence-electron chi connectivity index (χ2n) is 4.99. The number of aryl methyl sites for hydroxylation is 1. The molecule has 2 aromatic rings. The van der Waals surface area contributed by atoms with E-state index >= 15 is 0 Å². The lowest BCUT2D eigenvalue weighted by atomic mass is 10.1. The molecule has 0 spiro atoms. The van der Waals surface area contributed by atoms with Crippen LogP contribution in [0.3, 0.4) is 0 Å². The zero-order chi connectivity index (χ0) is 15.4. The maximum atomic E-state index is 12.6. The topological polar surface area (TPSA) is 50.2 Å². The predicted molar refractivity (Wildman–Crippen MR) is 82.9 cm³/mol. The van der Waals surface area contributed by atoms with E-state index in [2.05, 4.69) is 10.4 Å². The van der Waals surface area contributed by atoms with Gasteiger partial charge in [0.25, 0.3) is 0 Å². The third kappa shape index (κ3) is 3.83. The molecule has 0 saturated heterocycles. The van der Waals surface area contributed by atoms with Gasteiger partial charge in [-0.2, -0.15) is 5.10 Å². The molecular weight excluding hydrogens is 288 g/mol. The van der Waals surface area contributed by atoms with Gasteiger partial charge in [-0.05, 0) is 24.7 Å². The Labute approximate surface area is 129 Å². The van der Waals surface area contributed by atoms with Gasteiger partial charge in [-0.1, -0.05) is 23.7 Å². The lowest BCUT2D eigenvalue weighted by Gasteiger charge is -2.23. The minimum Gasteiger partial charge on any atom is -0.340 e. The number of aromatic nitrogens is 2. The van der Waals surface area contributed by atoms with Crippen LogP contribution in [0.25, 0.3) is 0 Å². The molecule has 0 aliphatic heterocycles. The second kappa shape index (κ2) is 6.74. The lowest BCUT2D eigenvalue weighted by Crippen LogP contribution is -2.37. The highest BCUT2D eigenvalue weighted by Crippen LogP contribution is 2.17. The van der Waals surface area contributed by atoms with Gasteiger partial charge in [0.15, 0.2) is 0 Å². The second-order valence-corrected chi connectivity index (χ2v) is 5.43. The largest absolute Gasteiger partial charge is 0.340 e. The minimum atomic E-state index is -0.400. The SMILES string of the molecule is CNC(C(=O)N(C)Cc1cccc(Cl)c1)c1cnn(C)c1. The van der Waals surface area contributed by atoms with Crippen molar-refractivity contribution in [1.29, 1.82) is 0 Å². The van der Waals surface area contributed by atoms with Gasteiger partial charge < -0.3 is 10.2 Å². The maximum absolute atomic E-state index is 12.6. The molecule has 1 aromatic heterocycles. The minimum absolute atomic E-state index is 0.00882. The summed E-state index contributed by atoms with van der Waals surface area (Å²) in [4.78, 5) is 14.2. The molecule has 1 N–H and O–H groups in total. The summed E-state index contributed by atoms with van der Waals surface area (Å²) in [6.45, 7) is 0.512. The van der Waals surface area contributed by atoms with E-state index in [1.165, 1.54) is 0 Å². The first-order valence-corrected chi connectivity index (χ1v) is 7.04. The van der Waals surface area contributed by atoms with E-state index in [0.717, 1.165) is 11.1 Å². The van der Waals surface area contributed by atoms with Crippen molar-refractivity contribution in [3.8, 4) is 0 Å². The summed E-state index contributed by atoms with van der Waals surface area (Å²) in [5.41, 5.74) is 1.85. The van der Waals surface area contributed by atoms with Crippen molar-refractivity contribution in [3.63, 3.8) is 0 Å². The molecule has 1 atom stereocenters. The summed E-state index contributed by atoms with van der Waals surface area (Å²) in [6.07, 6.45) is 3.54. The Hall–Kier alpha value is -1.85. The van der Waals surface area contributed by atoms with Crippen LogP contribution in [0.4, 0.5) is 0 Å². The lowest BCUT2D eigenvalue weighted by molar-refractivity contribution is -0.132. The molecule has 0 bridgehead atoms. The van der Waals surface area contributed by atoms with Gasteiger partial charge in [0.2, 0.25) is 5.91 Å². The average Bonchev–Trinajstić information content (AvgIpc) is 2.86. The third-order valence-corrected chi connectivity index (χ3v) is 3.51. The van der Waals surface area contributed by atoms with Gasteiger partial charge in [0.1, 0.15) is 6.04 Å². The Morgan fingerprint density at radius 3 is 2.86 bits per heavy atom. The number of carbonyl (C=O) groups is 1. The van der Waals surface area contributed by atoms with Crippen LogP contribution in [0.15, 0.2) is 36.7 Å². The molecule has 0 aliphatic carbocycles. The number of halogens is 1. The first-order valence-electron chi connectivity index (χ1n) is 6.66. The summed E-state index contributed by atoms with van der Waals surface area (Å²) in [5.74, 6) is -0.00882. The molecule has 21 heavy (non-hydrogen) atoms. The van der Waals surface area contributed by atoms with Crippen molar-refractivity contribution >= 4 is 17.5 Å². The molecule has 0 radical (unpaired) electrons. The number of nitrogens with one attached hydrogen (secondary N) is 1. The van der Waals surface area contributed by atoms with Gasteiger partial charge in [0.05, 0.1) is 6.20 Å². The van der Waals surface area contributed by atoms with Crippen molar-refractivity contribution in [1.82, 2.24) is 20.0 Å².